The first kappa shape index (κ1) is 23.2. The summed E-state index contributed by atoms with van der Waals surface area (Å²) in [6, 6.07) is 13.7. The zero-order chi connectivity index (χ0) is 24.0. The van der Waals surface area contributed by atoms with E-state index in [0.717, 1.165) is 11.3 Å². The molecule has 2 aromatic carbocycles. The highest BCUT2D eigenvalue weighted by Crippen LogP contribution is 2.48. The molecule has 1 atom stereocenters. The number of carbonyl (C=O) groups excluding carboxylic acids is 1. The summed E-state index contributed by atoms with van der Waals surface area (Å²) >= 11 is 0. The molecule has 8 heteroatoms. The van der Waals surface area contributed by atoms with Gasteiger partial charge in [-0.05, 0) is 62.1 Å². The van der Waals surface area contributed by atoms with E-state index in [9.17, 15) is 13.2 Å². The summed E-state index contributed by atoms with van der Waals surface area (Å²) in [7, 11) is -2.69. The van der Waals surface area contributed by atoms with Crippen LogP contribution in [0.15, 0.2) is 53.4 Å². The topological polar surface area (TPSA) is 94.6 Å². The molecular weight excluding hydrogens is 440 g/mol. The molecule has 0 spiro atoms. The number of nitrogens with zero attached hydrogens (tertiary/aromatic N) is 1. The Hall–Kier alpha value is -2.97. The highest BCUT2D eigenvalue weighted by atomic mass is 32.2. The number of rotatable bonds is 5. The number of fused-ring (bicyclic) bond motifs is 1. The van der Waals surface area contributed by atoms with Crippen LogP contribution in [0.25, 0.3) is 10.9 Å². The van der Waals surface area contributed by atoms with Gasteiger partial charge in [0.1, 0.15) is 5.75 Å². The summed E-state index contributed by atoms with van der Waals surface area (Å²) in [5.74, 6) is -0.273. The molecule has 2 heterocycles. The van der Waals surface area contributed by atoms with Crippen LogP contribution < -0.4 is 9.46 Å². The van der Waals surface area contributed by atoms with E-state index < -0.39 is 21.5 Å². The Morgan fingerprint density at radius 2 is 1.88 bits per heavy atom. The molecule has 1 aliphatic rings. The second kappa shape index (κ2) is 8.11. The fourth-order valence-electron chi connectivity index (χ4n) is 4.40. The third-order valence-corrected chi connectivity index (χ3v) is 7.33. The number of pyridine rings is 1. The molecule has 1 amide bonds. The van der Waals surface area contributed by atoms with Crippen molar-refractivity contribution in [3.05, 3.63) is 65.4 Å². The molecular formula is C25H28N2O5S. The van der Waals surface area contributed by atoms with E-state index in [1.54, 1.807) is 30.3 Å². The van der Waals surface area contributed by atoms with E-state index in [1.807, 2.05) is 39.8 Å². The van der Waals surface area contributed by atoms with Gasteiger partial charge < -0.3 is 9.47 Å². The zero-order valence-electron chi connectivity index (χ0n) is 19.4. The Kier molecular flexibility index (Phi) is 5.70. The van der Waals surface area contributed by atoms with Gasteiger partial charge in [0.25, 0.3) is 15.9 Å². The summed E-state index contributed by atoms with van der Waals surface area (Å²) in [4.78, 5) is 18.1. The van der Waals surface area contributed by atoms with Gasteiger partial charge in [0, 0.05) is 16.6 Å². The molecule has 1 fully saturated rings. The van der Waals surface area contributed by atoms with Gasteiger partial charge in [0.15, 0.2) is 5.60 Å². The second-order valence-corrected chi connectivity index (χ2v) is 11.0. The smallest absolute Gasteiger partial charge is 0.270 e. The van der Waals surface area contributed by atoms with Gasteiger partial charge in [0.05, 0.1) is 24.1 Å². The van der Waals surface area contributed by atoms with Crippen LogP contribution in [0, 0.1) is 19.3 Å². The number of hydrogen-bond acceptors (Lipinski definition) is 6. The van der Waals surface area contributed by atoms with E-state index >= 15 is 0 Å². The van der Waals surface area contributed by atoms with Gasteiger partial charge in [-0.15, -0.1) is 0 Å². The van der Waals surface area contributed by atoms with Gasteiger partial charge in [-0.3, -0.25) is 9.78 Å². The van der Waals surface area contributed by atoms with Crippen LogP contribution in [-0.4, -0.2) is 33.0 Å². The SMILES string of the molecule is COc1ccc(C)cc1C1(C(=O)NS(=O)(=O)c2cccc3nc(C)ccc23)CC(C)(C)CO1. The number of nitrogens with one attached hydrogen (secondary N) is 1. The number of hydrogen-bond donors (Lipinski definition) is 1. The summed E-state index contributed by atoms with van der Waals surface area (Å²) < 4.78 is 40.7. The highest BCUT2D eigenvalue weighted by molar-refractivity contribution is 7.90. The van der Waals surface area contributed by atoms with E-state index in [1.165, 1.54) is 13.2 Å². The van der Waals surface area contributed by atoms with Crippen molar-refractivity contribution in [3.63, 3.8) is 0 Å². The van der Waals surface area contributed by atoms with Crippen LogP contribution in [0.1, 0.15) is 37.1 Å². The predicted octanol–water partition coefficient (Wildman–Crippen LogP) is 4.01. The third kappa shape index (κ3) is 4.20. The Labute approximate surface area is 194 Å². The fourth-order valence-corrected chi connectivity index (χ4v) is 5.63. The van der Waals surface area contributed by atoms with Gasteiger partial charge >= 0.3 is 0 Å². The summed E-state index contributed by atoms with van der Waals surface area (Å²) in [5, 5.41) is 0.443. The Bertz CT molecular complexity index is 1350. The Balaban J connectivity index is 1.80. The number of sulfonamides is 1. The van der Waals surface area contributed by atoms with Crippen molar-refractivity contribution in [2.45, 2.75) is 44.6 Å². The van der Waals surface area contributed by atoms with Crippen molar-refractivity contribution in [2.24, 2.45) is 5.41 Å². The average Bonchev–Trinajstić information content (AvgIpc) is 3.09. The van der Waals surface area contributed by atoms with Gasteiger partial charge in [0.2, 0.25) is 0 Å². The van der Waals surface area contributed by atoms with Crippen LogP contribution >= 0.6 is 0 Å². The maximum Gasteiger partial charge on any atom is 0.270 e. The van der Waals surface area contributed by atoms with Crippen LogP contribution in [0.5, 0.6) is 5.75 Å². The number of amides is 1. The molecule has 1 unspecified atom stereocenters. The maximum absolute atomic E-state index is 13.7. The predicted molar refractivity (Wildman–Crippen MR) is 126 cm³/mol. The number of benzene rings is 2. The van der Waals surface area contributed by atoms with Crippen molar-refractivity contribution in [1.29, 1.82) is 0 Å². The zero-order valence-corrected chi connectivity index (χ0v) is 20.2. The molecule has 0 radical (unpaired) electrons. The third-order valence-electron chi connectivity index (χ3n) is 5.94. The van der Waals surface area contributed by atoms with E-state index in [2.05, 4.69) is 9.71 Å². The first-order valence-corrected chi connectivity index (χ1v) is 12.2. The molecule has 1 saturated heterocycles. The largest absolute Gasteiger partial charge is 0.496 e. The lowest BCUT2D eigenvalue weighted by Gasteiger charge is -2.30. The van der Waals surface area contributed by atoms with Crippen molar-refractivity contribution >= 4 is 26.8 Å². The fraction of sp³-hybridized carbons (Fsp3) is 0.360. The molecule has 3 aromatic rings. The van der Waals surface area contributed by atoms with Crippen LogP contribution in [0.4, 0.5) is 0 Å². The normalized spacial score (nSPS) is 20.0. The first-order valence-electron chi connectivity index (χ1n) is 10.7. The van der Waals surface area contributed by atoms with Crippen LogP contribution in [0.3, 0.4) is 0 Å². The minimum absolute atomic E-state index is 0.00976. The van der Waals surface area contributed by atoms with Crippen molar-refractivity contribution in [3.8, 4) is 5.75 Å². The number of ether oxygens (including phenoxy) is 2. The molecule has 33 heavy (non-hydrogen) atoms. The molecule has 174 valence electrons. The van der Waals surface area contributed by atoms with Crippen LogP contribution in [0.2, 0.25) is 0 Å². The summed E-state index contributed by atoms with van der Waals surface area (Å²) in [6.45, 7) is 8.00. The molecule has 7 nitrogen and oxygen atoms in total. The van der Waals surface area contributed by atoms with Crippen molar-refractivity contribution in [2.75, 3.05) is 13.7 Å². The molecule has 0 saturated carbocycles. The molecule has 1 aromatic heterocycles. The minimum Gasteiger partial charge on any atom is -0.496 e. The number of aryl methyl sites for hydroxylation is 2. The minimum atomic E-state index is -4.21. The first-order chi connectivity index (χ1) is 15.5. The van der Waals surface area contributed by atoms with Gasteiger partial charge in [-0.25, -0.2) is 13.1 Å². The van der Waals surface area contributed by atoms with E-state index in [0.29, 0.717) is 35.2 Å². The number of methoxy groups -OCH3 is 1. The lowest BCUT2D eigenvalue weighted by Crippen LogP contribution is -2.47. The summed E-state index contributed by atoms with van der Waals surface area (Å²) in [5.41, 5.74) is 0.888. The molecule has 0 bridgehead atoms. The van der Waals surface area contributed by atoms with Crippen molar-refractivity contribution < 1.29 is 22.7 Å². The highest BCUT2D eigenvalue weighted by Gasteiger charge is 2.53. The second-order valence-electron chi connectivity index (χ2n) is 9.37. The number of carbonyl (C=O) groups is 1. The number of aromatic nitrogens is 1. The monoisotopic (exact) mass is 468 g/mol. The molecule has 0 aliphatic carbocycles. The Morgan fingerprint density at radius 1 is 1.12 bits per heavy atom. The van der Waals surface area contributed by atoms with Crippen LogP contribution in [-0.2, 0) is 25.2 Å². The summed E-state index contributed by atoms with van der Waals surface area (Å²) in [6.07, 6.45) is 0.303. The van der Waals surface area contributed by atoms with Gasteiger partial charge in [-0.2, -0.15) is 0 Å². The standard InChI is InChI=1S/C25H28N2O5S/c1-16-9-12-21(31-5)19(13-16)25(14-24(3,4)15-32-25)23(28)27-33(29,30)22-8-6-7-20-18(22)11-10-17(2)26-20/h6-13H,14-15H2,1-5H3,(H,27,28). The van der Waals surface area contributed by atoms with Crippen molar-refractivity contribution in [1.82, 2.24) is 9.71 Å². The lowest BCUT2D eigenvalue weighted by atomic mass is 9.79. The molecule has 1 N–H and O–H groups in total. The quantitative estimate of drug-likeness (QED) is 0.608. The maximum atomic E-state index is 13.7. The lowest BCUT2D eigenvalue weighted by molar-refractivity contribution is -0.140. The van der Waals surface area contributed by atoms with E-state index in [-0.39, 0.29) is 10.3 Å². The molecule has 4 rings (SSSR count). The van der Waals surface area contributed by atoms with E-state index in [4.69, 9.17) is 9.47 Å². The Morgan fingerprint density at radius 3 is 2.55 bits per heavy atom. The average molecular weight is 469 g/mol. The molecule has 1 aliphatic heterocycles. The van der Waals surface area contributed by atoms with Gasteiger partial charge in [-0.1, -0.05) is 31.5 Å².